The van der Waals surface area contributed by atoms with E-state index in [0.29, 0.717) is 0 Å². The molecule has 0 saturated carbocycles. The number of nitrogens with zero attached hydrogens (tertiary/aromatic N) is 3. The SMILES string of the molecule is Cc1ccc(-c2cncc3[nH]c(-c4n[nH]c5ccc(-c6cncc(CNCc7ccccc7)c6)cc45)cc23)s1. The zero-order valence-electron chi connectivity index (χ0n) is 21.4. The quantitative estimate of drug-likeness (QED) is 0.201. The van der Waals surface area contributed by atoms with E-state index in [2.05, 4.69) is 104 Å². The van der Waals surface area contributed by atoms with Crippen molar-refractivity contribution < 1.29 is 0 Å². The third kappa shape index (κ3) is 4.63. The first-order valence-corrected chi connectivity index (χ1v) is 13.7. The lowest BCUT2D eigenvalue weighted by atomic mass is 10.0. The predicted octanol–water partition coefficient (Wildman–Crippen LogP) is 7.49. The summed E-state index contributed by atoms with van der Waals surface area (Å²) in [4.78, 5) is 15.1. The van der Waals surface area contributed by atoms with Gasteiger partial charge in [0.05, 0.1) is 22.9 Å². The number of aromatic amines is 2. The van der Waals surface area contributed by atoms with Crippen LogP contribution in [0.2, 0.25) is 0 Å². The monoisotopic (exact) mass is 526 g/mol. The average Bonchev–Trinajstić information content (AvgIpc) is 3.71. The van der Waals surface area contributed by atoms with Crippen molar-refractivity contribution in [3.63, 3.8) is 0 Å². The van der Waals surface area contributed by atoms with E-state index in [1.54, 1.807) is 11.3 Å². The zero-order valence-corrected chi connectivity index (χ0v) is 22.2. The molecule has 0 atom stereocenters. The highest BCUT2D eigenvalue weighted by molar-refractivity contribution is 7.15. The molecule has 0 aliphatic heterocycles. The second-order valence-corrected chi connectivity index (χ2v) is 11.0. The third-order valence-corrected chi connectivity index (χ3v) is 8.03. The van der Waals surface area contributed by atoms with Gasteiger partial charge in [-0.25, -0.2) is 0 Å². The molecule has 7 aromatic rings. The normalized spacial score (nSPS) is 11.5. The molecule has 3 N–H and O–H groups in total. The highest BCUT2D eigenvalue weighted by Gasteiger charge is 2.15. The maximum Gasteiger partial charge on any atom is 0.116 e. The molecule has 2 aromatic carbocycles. The summed E-state index contributed by atoms with van der Waals surface area (Å²) in [5, 5.41) is 13.6. The van der Waals surface area contributed by atoms with E-state index < -0.39 is 0 Å². The molecule has 0 radical (unpaired) electrons. The van der Waals surface area contributed by atoms with E-state index in [-0.39, 0.29) is 0 Å². The lowest BCUT2D eigenvalue weighted by Crippen LogP contribution is -2.12. The molecule has 7 heteroatoms. The van der Waals surface area contributed by atoms with Crippen LogP contribution in [0.5, 0.6) is 0 Å². The highest BCUT2D eigenvalue weighted by Crippen LogP contribution is 2.36. The van der Waals surface area contributed by atoms with Crippen LogP contribution in [0.1, 0.15) is 16.0 Å². The van der Waals surface area contributed by atoms with Gasteiger partial charge in [-0.05, 0) is 60.0 Å². The number of fused-ring (bicyclic) bond motifs is 2. The minimum atomic E-state index is 0.754. The molecule has 39 heavy (non-hydrogen) atoms. The molecule has 0 unspecified atom stereocenters. The van der Waals surface area contributed by atoms with Gasteiger partial charge in [0.2, 0.25) is 0 Å². The van der Waals surface area contributed by atoms with Gasteiger partial charge >= 0.3 is 0 Å². The van der Waals surface area contributed by atoms with Gasteiger partial charge in [-0.2, -0.15) is 5.10 Å². The maximum atomic E-state index is 4.69. The minimum absolute atomic E-state index is 0.754. The number of aromatic nitrogens is 5. The summed E-state index contributed by atoms with van der Waals surface area (Å²) in [6, 6.07) is 25.5. The van der Waals surface area contributed by atoms with E-state index in [0.717, 1.165) is 68.5 Å². The smallest absolute Gasteiger partial charge is 0.116 e. The Kier molecular flexibility index (Phi) is 6.00. The number of hydrogen-bond acceptors (Lipinski definition) is 5. The zero-order chi connectivity index (χ0) is 26.2. The largest absolute Gasteiger partial charge is 0.352 e. The van der Waals surface area contributed by atoms with Gasteiger partial charge in [0.1, 0.15) is 5.69 Å². The third-order valence-electron chi connectivity index (χ3n) is 7.00. The Bertz CT molecular complexity index is 1910. The molecule has 0 aliphatic carbocycles. The summed E-state index contributed by atoms with van der Waals surface area (Å²) in [7, 11) is 0. The van der Waals surface area contributed by atoms with E-state index in [1.807, 2.05) is 30.9 Å². The lowest BCUT2D eigenvalue weighted by Gasteiger charge is -2.08. The van der Waals surface area contributed by atoms with Crippen LogP contribution in [0, 0.1) is 6.92 Å². The van der Waals surface area contributed by atoms with Crippen LogP contribution in [0.25, 0.3) is 54.8 Å². The topological polar surface area (TPSA) is 82.3 Å². The fourth-order valence-electron chi connectivity index (χ4n) is 5.04. The first kappa shape index (κ1) is 23.5. The Labute approximate surface area is 229 Å². The van der Waals surface area contributed by atoms with Gasteiger partial charge in [0, 0.05) is 63.3 Å². The molecule has 0 amide bonds. The number of hydrogen-bond donors (Lipinski definition) is 3. The summed E-state index contributed by atoms with van der Waals surface area (Å²) < 4.78 is 0. The van der Waals surface area contributed by atoms with Gasteiger partial charge in [-0.3, -0.25) is 15.1 Å². The molecule has 0 spiro atoms. The summed E-state index contributed by atoms with van der Waals surface area (Å²) in [6.07, 6.45) is 7.67. The standard InChI is InChI=1S/C32H26N6S/c1-20-7-10-31(39-20)27-18-35-19-30-25(27)13-29(36-30)32-26-12-23(8-9-28(26)37-38-32)24-11-22(16-34-17-24)15-33-14-21-5-3-2-4-6-21/h2-13,16-19,33,36H,14-15H2,1H3,(H,37,38). The summed E-state index contributed by atoms with van der Waals surface area (Å²) in [6.45, 7) is 3.71. The average molecular weight is 527 g/mol. The molecule has 5 aromatic heterocycles. The molecule has 0 bridgehead atoms. The van der Waals surface area contributed by atoms with E-state index in [4.69, 9.17) is 0 Å². The van der Waals surface area contributed by atoms with E-state index in [1.165, 1.54) is 15.3 Å². The first-order valence-electron chi connectivity index (χ1n) is 12.9. The van der Waals surface area contributed by atoms with Crippen molar-refractivity contribution in [2.75, 3.05) is 0 Å². The van der Waals surface area contributed by atoms with Gasteiger partial charge < -0.3 is 10.3 Å². The maximum absolute atomic E-state index is 4.69. The number of aryl methyl sites for hydroxylation is 1. The minimum Gasteiger partial charge on any atom is -0.352 e. The predicted molar refractivity (Wildman–Crippen MR) is 159 cm³/mol. The van der Waals surface area contributed by atoms with Gasteiger partial charge in [0.15, 0.2) is 0 Å². The van der Waals surface area contributed by atoms with Crippen molar-refractivity contribution >= 4 is 33.1 Å². The van der Waals surface area contributed by atoms with Gasteiger partial charge in [-0.1, -0.05) is 36.4 Å². The second kappa shape index (κ2) is 9.94. The number of nitrogens with one attached hydrogen (secondary N) is 3. The summed E-state index contributed by atoms with van der Waals surface area (Å²) in [5.41, 5.74) is 9.60. The van der Waals surface area contributed by atoms with Crippen LogP contribution in [0.15, 0.2) is 97.6 Å². The first-order chi connectivity index (χ1) is 19.2. The van der Waals surface area contributed by atoms with E-state index in [9.17, 15) is 0 Å². The number of thiophene rings is 1. The molecule has 0 saturated heterocycles. The molecule has 190 valence electrons. The number of pyridine rings is 2. The summed E-state index contributed by atoms with van der Waals surface area (Å²) >= 11 is 1.78. The molecular formula is C32H26N6S. The Morgan fingerprint density at radius 3 is 2.49 bits per heavy atom. The molecule has 0 fully saturated rings. The van der Waals surface area contributed by atoms with Crippen LogP contribution in [0.3, 0.4) is 0 Å². The fraction of sp³-hybridized carbons (Fsp3) is 0.0938. The van der Waals surface area contributed by atoms with Crippen molar-refractivity contribution in [1.29, 1.82) is 0 Å². The Balaban J connectivity index is 1.20. The number of benzene rings is 2. The van der Waals surface area contributed by atoms with Gasteiger partial charge in [-0.15, -0.1) is 11.3 Å². The fourth-order valence-corrected chi connectivity index (χ4v) is 5.93. The molecular weight excluding hydrogens is 500 g/mol. The summed E-state index contributed by atoms with van der Waals surface area (Å²) in [5.74, 6) is 0. The molecule has 6 nitrogen and oxygen atoms in total. The van der Waals surface area contributed by atoms with Crippen molar-refractivity contribution in [3.05, 3.63) is 114 Å². The highest BCUT2D eigenvalue weighted by atomic mass is 32.1. The Morgan fingerprint density at radius 1 is 0.744 bits per heavy atom. The van der Waals surface area contributed by atoms with Crippen molar-refractivity contribution in [2.45, 2.75) is 20.0 Å². The van der Waals surface area contributed by atoms with Crippen molar-refractivity contribution in [3.8, 4) is 33.0 Å². The number of rotatable bonds is 7. The Morgan fingerprint density at radius 2 is 1.62 bits per heavy atom. The molecule has 5 heterocycles. The van der Waals surface area contributed by atoms with Crippen LogP contribution >= 0.6 is 11.3 Å². The van der Waals surface area contributed by atoms with E-state index >= 15 is 0 Å². The van der Waals surface area contributed by atoms with Gasteiger partial charge in [0.25, 0.3) is 0 Å². The Hall–Kier alpha value is -4.59. The lowest BCUT2D eigenvalue weighted by molar-refractivity contribution is 0.691. The molecule has 7 rings (SSSR count). The van der Waals surface area contributed by atoms with Crippen LogP contribution in [-0.4, -0.2) is 25.1 Å². The van der Waals surface area contributed by atoms with Crippen LogP contribution in [0.4, 0.5) is 0 Å². The van der Waals surface area contributed by atoms with Crippen molar-refractivity contribution in [1.82, 2.24) is 30.5 Å². The second-order valence-electron chi connectivity index (χ2n) is 9.75. The van der Waals surface area contributed by atoms with Crippen LogP contribution < -0.4 is 5.32 Å². The number of H-pyrrole nitrogens is 2. The van der Waals surface area contributed by atoms with Crippen molar-refractivity contribution in [2.24, 2.45) is 0 Å². The molecule has 0 aliphatic rings. The van der Waals surface area contributed by atoms with Crippen LogP contribution in [-0.2, 0) is 13.1 Å².